The van der Waals surface area contributed by atoms with Gasteiger partial charge >= 0.3 is 0 Å². The number of H-pyrrole nitrogens is 1. The van der Waals surface area contributed by atoms with Crippen molar-refractivity contribution in [3.05, 3.63) is 65.9 Å². The third kappa shape index (κ3) is 2.63. The summed E-state index contributed by atoms with van der Waals surface area (Å²) in [6.07, 6.45) is 4.86. The van der Waals surface area contributed by atoms with Gasteiger partial charge in [-0.25, -0.2) is 0 Å². The van der Waals surface area contributed by atoms with E-state index in [-0.39, 0.29) is 0 Å². The lowest BCUT2D eigenvalue weighted by atomic mass is 9.97. The van der Waals surface area contributed by atoms with Gasteiger partial charge in [0.15, 0.2) is 0 Å². The van der Waals surface area contributed by atoms with Crippen LogP contribution in [-0.2, 0) is 6.42 Å². The van der Waals surface area contributed by atoms with Crippen LogP contribution in [-0.4, -0.2) is 29.1 Å². The molecule has 128 valence electrons. The number of hydrogen-bond donors (Lipinski definition) is 1. The molecule has 0 spiro atoms. The molecule has 2 aliphatic rings. The molecule has 2 atom stereocenters. The highest BCUT2D eigenvalue weighted by molar-refractivity contribution is 5.85. The summed E-state index contributed by atoms with van der Waals surface area (Å²) in [5, 5.41) is 1.42. The second-order valence-corrected chi connectivity index (χ2v) is 7.27. The van der Waals surface area contributed by atoms with Crippen molar-refractivity contribution in [1.82, 2.24) is 9.88 Å². The van der Waals surface area contributed by atoms with E-state index in [4.69, 9.17) is 4.74 Å². The average Bonchev–Trinajstić information content (AvgIpc) is 3.16. The van der Waals surface area contributed by atoms with E-state index in [2.05, 4.69) is 34.1 Å². The van der Waals surface area contributed by atoms with Crippen LogP contribution in [0.25, 0.3) is 10.9 Å². The predicted molar refractivity (Wildman–Crippen MR) is 101 cm³/mol. The van der Waals surface area contributed by atoms with Crippen LogP contribution < -0.4 is 4.74 Å². The topological polar surface area (TPSA) is 28.3 Å². The van der Waals surface area contributed by atoms with Gasteiger partial charge in [0, 0.05) is 41.6 Å². The predicted octanol–water partition coefficient (Wildman–Crippen LogP) is 4.70. The first-order valence-corrected chi connectivity index (χ1v) is 9.43. The molecule has 0 aliphatic carbocycles. The van der Waals surface area contributed by atoms with Gasteiger partial charge in [-0.3, -0.25) is 4.90 Å². The molecule has 5 rings (SSSR count). The van der Waals surface area contributed by atoms with Crippen molar-refractivity contribution < 1.29 is 4.74 Å². The average molecular weight is 332 g/mol. The Bertz CT molecular complexity index is 870. The van der Waals surface area contributed by atoms with Gasteiger partial charge in [-0.05, 0) is 43.0 Å². The number of ether oxygens (including phenoxy) is 1. The minimum atomic E-state index is 0.585. The maximum Gasteiger partial charge on any atom is 0.119 e. The zero-order chi connectivity index (χ0) is 16.6. The van der Waals surface area contributed by atoms with Crippen molar-refractivity contribution in [2.24, 2.45) is 0 Å². The van der Waals surface area contributed by atoms with Gasteiger partial charge in [-0.1, -0.05) is 36.4 Å². The van der Waals surface area contributed by atoms with E-state index in [0.717, 1.165) is 25.3 Å². The number of fused-ring (bicyclic) bond motifs is 6. The lowest BCUT2D eigenvalue weighted by molar-refractivity contribution is 0.162. The van der Waals surface area contributed by atoms with E-state index < -0.39 is 0 Å². The molecule has 2 aliphatic heterocycles. The Balaban J connectivity index is 1.29. The Hall–Kier alpha value is -2.26. The van der Waals surface area contributed by atoms with Gasteiger partial charge in [0.25, 0.3) is 0 Å². The molecule has 2 bridgehead atoms. The van der Waals surface area contributed by atoms with Gasteiger partial charge < -0.3 is 9.72 Å². The number of benzene rings is 2. The number of rotatable bonds is 5. The van der Waals surface area contributed by atoms with Crippen molar-refractivity contribution in [3.63, 3.8) is 0 Å². The molecule has 25 heavy (non-hydrogen) atoms. The van der Waals surface area contributed by atoms with Crippen molar-refractivity contribution >= 4 is 10.9 Å². The van der Waals surface area contributed by atoms with E-state index in [1.807, 2.05) is 30.3 Å². The third-order valence-corrected chi connectivity index (χ3v) is 5.82. The van der Waals surface area contributed by atoms with Crippen molar-refractivity contribution in [3.8, 4) is 5.75 Å². The fourth-order valence-corrected chi connectivity index (χ4v) is 4.75. The molecule has 3 aromatic rings. The molecule has 0 amide bonds. The van der Waals surface area contributed by atoms with Gasteiger partial charge in [0.1, 0.15) is 5.75 Å². The van der Waals surface area contributed by atoms with Crippen molar-refractivity contribution in [1.29, 1.82) is 0 Å². The Morgan fingerprint density at radius 3 is 2.76 bits per heavy atom. The SMILES string of the molecule is c1ccc(OCCCN2[C@H]3CC[C@@H]2c2c([nH]c4ccccc24)C3)cc1. The second kappa shape index (κ2) is 6.23. The maximum atomic E-state index is 5.88. The minimum Gasteiger partial charge on any atom is -0.494 e. The summed E-state index contributed by atoms with van der Waals surface area (Å²) in [5.41, 5.74) is 4.34. The molecule has 1 aromatic heterocycles. The van der Waals surface area contributed by atoms with Crippen LogP contribution in [0.2, 0.25) is 0 Å². The summed E-state index contributed by atoms with van der Waals surface area (Å²) in [6.45, 7) is 1.92. The highest BCUT2D eigenvalue weighted by Gasteiger charge is 2.41. The molecular formula is C22H24N2O. The third-order valence-electron chi connectivity index (χ3n) is 5.82. The highest BCUT2D eigenvalue weighted by Crippen LogP contribution is 2.46. The number of aromatic amines is 1. The fraction of sp³-hybridized carbons (Fsp3) is 0.364. The standard InChI is InChI=1S/C22H24N2O/c1-2-7-17(8-3-1)25-14-6-13-24-16-11-12-21(24)22-18-9-4-5-10-19(18)23-20(22)15-16/h1-5,7-10,16,21,23H,6,11-15H2/t16-,21+/m0/s1. The first kappa shape index (κ1) is 15.0. The van der Waals surface area contributed by atoms with Gasteiger partial charge in [0.2, 0.25) is 0 Å². The van der Waals surface area contributed by atoms with Gasteiger partial charge in [0.05, 0.1) is 6.61 Å². The molecule has 1 saturated heterocycles. The first-order valence-electron chi connectivity index (χ1n) is 9.43. The Morgan fingerprint density at radius 2 is 1.84 bits per heavy atom. The number of nitrogens with zero attached hydrogens (tertiary/aromatic N) is 1. The second-order valence-electron chi connectivity index (χ2n) is 7.27. The van der Waals surface area contributed by atoms with E-state index in [1.54, 1.807) is 5.56 Å². The highest BCUT2D eigenvalue weighted by atomic mass is 16.5. The van der Waals surface area contributed by atoms with E-state index in [1.165, 1.54) is 35.9 Å². The first-order chi connectivity index (χ1) is 12.4. The van der Waals surface area contributed by atoms with Crippen LogP contribution in [0, 0.1) is 0 Å². The van der Waals surface area contributed by atoms with Crippen LogP contribution in [0.4, 0.5) is 0 Å². The normalized spacial score (nSPS) is 22.2. The fourth-order valence-electron chi connectivity index (χ4n) is 4.75. The van der Waals surface area contributed by atoms with E-state index in [0.29, 0.717) is 12.1 Å². The summed E-state index contributed by atoms with van der Waals surface area (Å²) >= 11 is 0. The van der Waals surface area contributed by atoms with Crippen LogP contribution >= 0.6 is 0 Å². The van der Waals surface area contributed by atoms with Crippen LogP contribution in [0.3, 0.4) is 0 Å². The van der Waals surface area contributed by atoms with Crippen LogP contribution in [0.15, 0.2) is 54.6 Å². The molecule has 0 unspecified atom stereocenters. The lowest BCUT2D eigenvalue weighted by Crippen LogP contribution is -2.38. The molecule has 3 heteroatoms. The van der Waals surface area contributed by atoms with E-state index >= 15 is 0 Å². The summed E-state index contributed by atoms with van der Waals surface area (Å²) in [4.78, 5) is 6.41. The molecule has 2 aromatic carbocycles. The largest absolute Gasteiger partial charge is 0.494 e. The zero-order valence-electron chi connectivity index (χ0n) is 14.4. The maximum absolute atomic E-state index is 5.88. The summed E-state index contributed by atoms with van der Waals surface area (Å²) in [7, 11) is 0. The molecule has 0 saturated carbocycles. The van der Waals surface area contributed by atoms with Crippen LogP contribution in [0.1, 0.15) is 36.6 Å². The lowest BCUT2D eigenvalue weighted by Gasteiger charge is -2.35. The van der Waals surface area contributed by atoms with Crippen LogP contribution in [0.5, 0.6) is 5.75 Å². The smallest absolute Gasteiger partial charge is 0.119 e. The van der Waals surface area contributed by atoms with Crippen molar-refractivity contribution in [2.45, 2.75) is 37.8 Å². The summed E-state index contributed by atoms with van der Waals surface area (Å²) in [5.74, 6) is 0.975. The molecule has 0 radical (unpaired) electrons. The van der Waals surface area contributed by atoms with Gasteiger partial charge in [-0.15, -0.1) is 0 Å². The minimum absolute atomic E-state index is 0.585. The number of nitrogens with one attached hydrogen (secondary N) is 1. The van der Waals surface area contributed by atoms with Gasteiger partial charge in [-0.2, -0.15) is 0 Å². The van der Waals surface area contributed by atoms with E-state index in [9.17, 15) is 0 Å². The number of para-hydroxylation sites is 2. The molecular weight excluding hydrogens is 308 g/mol. The quantitative estimate of drug-likeness (QED) is 0.686. The Morgan fingerprint density at radius 1 is 1.00 bits per heavy atom. The zero-order valence-corrected chi connectivity index (χ0v) is 14.4. The van der Waals surface area contributed by atoms with Crippen molar-refractivity contribution in [2.75, 3.05) is 13.2 Å². The molecule has 3 heterocycles. The number of aromatic nitrogens is 1. The summed E-state index contributed by atoms with van der Waals surface area (Å²) < 4.78 is 5.88. The molecule has 3 nitrogen and oxygen atoms in total. The Kier molecular flexibility index (Phi) is 3.75. The molecule has 1 fully saturated rings. The number of hydrogen-bond acceptors (Lipinski definition) is 2. The summed E-state index contributed by atoms with van der Waals surface area (Å²) in [6, 6.07) is 20.2. The molecule has 1 N–H and O–H groups in total. The monoisotopic (exact) mass is 332 g/mol. The Labute approximate surface area is 148 Å².